The SMILES string of the molecule is CC(C(=O)Nc1ccccc1)S(=O)Cc1ccccc1F. The second-order valence-corrected chi connectivity index (χ2v) is 6.37. The summed E-state index contributed by atoms with van der Waals surface area (Å²) in [6, 6.07) is 15.1. The molecule has 0 saturated carbocycles. The van der Waals surface area contributed by atoms with Crippen LogP contribution in [0.1, 0.15) is 12.5 Å². The van der Waals surface area contributed by atoms with E-state index < -0.39 is 21.9 Å². The van der Waals surface area contributed by atoms with Crippen molar-refractivity contribution in [3.8, 4) is 0 Å². The molecule has 0 fully saturated rings. The van der Waals surface area contributed by atoms with Gasteiger partial charge in [-0.1, -0.05) is 36.4 Å². The van der Waals surface area contributed by atoms with Crippen molar-refractivity contribution in [3.05, 3.63) is 66.0 Å². The fourth-order valence-electron chi connectivity index (χ4n) is 1.78. The highest BCUT2D eigenvalue weighted by atomic mass is 32.2. The number of carbonyl (C=O) groups is 1. The Morgan fingerprint density at radius 1 is 1.14 bits per heavy atom. The molecule has 2 atom stereocenters. The van der Waals surface area contributed by atoms with Crippen molar-refractivity contribution < 1.29 is 13.4 Å². The van der Waals surface area contributed by atoms with Crippen molar-refractivity contribution in [2.45, 2.75) is 17.9 Å². The third kappa shape index (κ3) is 4.23. The summed E-state index contributed by atoms with van der Waals surface area (Å²) in [5, 5.41) is 1.98. The maximum absolute atomic E-state index is 13.5. The predicted molar refractivity (Wildman–Crippen MR) is 82.8 cm³/mol. The molecule has 21 heavy (non-hydrogen) atoms. The van der Waals surface area contributed by atoms with Crippen molar-refractivity contribution in [1.29, 1.82) is 0 Å². The van der Waals surface area contributed by atoms with E-state index in [-0.39, 0.29) is 11.7 Å². The molecule has 2 aromatic carbocycles. The molecule has 110 valence electrons. The molecule has 1 amide bonds. The zero-order valence-corrected chi connectivity index (χ0v) is 12.4. The van der Waals surface area contributed by atoms with Gasteiger partial charge in [0, 0.05) is 22.1 Å². The van der Waals surface area contributed by atoms with Crippen LogP contribution in [0.25, 0.3) is 0 Å². The van der Waals surface area contributed by atoms with Crippen LogP contribution in [0.4, 0.5) is 10.1 Å². The topological polar surface area (TPSA) is 46.2 Å². The highest BCUT2D eigenvalue weighted by molar-refractivity contribution is 7.85. The summed E-state index contributed by atoms with van der Waals surface area (Å²) in [6.45, 7) is 1.58. The molecule has 0 aliphatic heterocycles. The van der Waals surface area contributed by atoms with Gasteiger partial charge in [0.2, 0.25) is 5.91 Å². The van der Waals surface area contributed by atoms with Gasteiger partial charge in [0.1, 0.15) is 11.1 Å². The molecule has 0 aromatic heterocycles. The number of amides is 1. The van der Waals surface area contributed by atoms with Gasteiger partial charge in [0.25, 0.3) is 0 Å². The molecule has 0 aliphatic carbocycles. The molecule has 5 heteroatoms. The van der Waals surface area contributed by atoms with Crippen LogP contribution >= 0.6 is 0 Å². The van der Waals surface area contributed by atoms with Gasteiger partial charge in [-0.2, -0.15) is 0 Å². The number of rotatable bonds is 5. The molecule has 0 heterocycles. The van der Waals surface area contributed by atoms with E-state index >= 15 is 0 Å². The van der Waals surface area contributed by atoms with Crippen LogP contribution in [-0.2, 0) is 21.3 Å². The van der Waals surface area contributed by atoms with E-state index in [0.717, 1.165) is 0 Å². The van der Waals surface area contributed by atoms with Gasteiger partial charge < -0.3 is 5.32 Å². The van der Waals surface area contributed by atoms with Crippen molar-refractivity contribution in [3.63, 3.8) is 0 Å². The van der Waals surface area contributed by atoms with E-state index in [1.54, 1.807) is 49.4 Å². The third-order valence-corrected chi connectivity index (χ3v) is 4.66. The van der Waals surface area contributed by atoms with Crippen molar-refractivity contribution in [1.82, 2.24) is 0 Å². The van der Waals surface area contributed by atoms with Crippen LogP contribution in [0.5, 0.6) is 0 Å². The Bertz CT molecular complexity index is 646. The molecule has 2 aromatic rings. The average Bonchev–Trinajstić information content (AvgIpc) is 2.49. The quantitative estimate of drug-likeness (QED) is 0.922. The predicted octanol–water partition coefficient (Wildman–Crippen LogP) is 3.10. The number of anilines is 1. The highest BCUT2D eigenvalue weighted by Crippen LogP contribution is 2.13. The summed E-state index contributed by atoms with van der Waals surface area (Å²) in [5.74, 6) is -0.715. The van der Waals surface area contributed by atoms with Crippen molar-refractivity contribution in [2.75, 3.05) is 5.32 Å². The number of benzene rings is 2. The van der Waals surface area contributed by atoms with Crippen LogP contribution in [0.15, 0.2) is 54.6 Å². The van der Waals surface area contributed by atoms with Gasteiger partial charge in [0.05, 0.1) is 5.75 Å². The Morgan fingerprint density at radius 2 is 1.76 bits per heavy atom. The minimum Gasteiger partial charge on any atom is -0.325 e. The fraction of sp³-hybridized carbons (Fsp3) is 0.188. The number of halogens is 1. The van der Waals surface area contributed by atoms with E-state index in [1.165, 1.54) is 6.07 Å². The lowest BCUT2D eigenvalue weighted by Gasteiger charge is -2.12. The van der Waals surface area contributed by atoms with E-state index in [0.29, 0.717) is 11.3 Å². The number of hydrogen-bond donors (Lipinski definition) is 1. The summed E-state index contributed by atoms with van der Waals surface area (Å²) in [5.41, 5.74) is 1.01. The Morgan fingerprint density at radius 3 is 2.43 bits per heavy atom. The molecule has 0 saturated heterocycles. The summed E-state index contributed by atoms with van der Waals surface area (Å²) in [7, 11) is -1.48. The maximum Gasteiger partial charge on any atom is 0.239 e. The molecule has 0 bridgehead atoms. The standard InChI is InChI=1S/C16H16FNO2S/c1-12(16(19)18-14-8-3-2-4-9-14)21(20)11-13-7-5-6-10-15(13)17/h2-10,12H,11H2,1H3,(H,18,19). The van der Waals surface area contributed by atoms with E-state index in [1.807, 2.05) is 6.07 Å². The number of nitrogens with one attached hydrogen (secondary N) is 1. The van der Waals surface area contributed by atoms with Crippen LogP contribution in [0.2, 0.25) is 0 Å². The van der Waals surface area contributed by atoms with E-state index in [2.05, 4.69) is 5.32 Å². The summed E-state index contributed by atoms with van der Waals surface area (Å²) >= 11 is 0. The largest absolute Gasteiger partial charge is 0.325 e. The van der Waals surface area contributed by atoms with Gasteiger partial charge in [-0.05, 0) is 25.1 Å². The molecule has 3 nitrogen and oxygen atoms in total. The van der Waals surface area contributed by atoms with E-state index in [4.69, 9.17) is 0 Å². The minimum absolute atomic E-state index is 0.0239. The first-order valence-electron chi connectivity index (χ1n) is 6.54. The molecule has 0 spiro atoms. The smallest absolute Gasteiger partial charge is 0.239 e. The lowest BCUT2D eigenvalue weighted by Crippen LogP contribution is -2.29. The zero-order chi connectivity index (χ0) is 15.2. The number of carbonyl (C=O) groups excluding carboxylic acids is 1. The fourth-order valence-corrected chi connectivity index (χ4v) is 2.87. The van der Waals surface area contributed by atoms with Crippen molar-refractivity contribution in [2.24, 2.45) is 0 Å². The Hall–Kier alpha value is -2.01. The summed E-state index contributed by atoms with van der Waals surface area (Å²) in [4.78, 5) is 12.0. The summed E-state index contributed by atoms with van der Waals surface area (Å²) < 4.78 is 25.7. The second-order valence-electron chi connectivity index (χ2n) is 4.61. The number of hydrogen-bond acceptors (Lipinski definition) is 2. The molecule has 1 N–H and O–H groups in total. The van der Waals surface area contributed by atoms with Crippen LogP contribution in [0, 0.1) is 5.82 Å². The highest BCUT2D eigenvalue weighted by Gasteiger charge is 2.21. The van der Waals surface area contributed by atoms with Gasteiger partial charge in [-0.25, -0.2) is 4.39 Å². The Kier molecular flexibility index (Phi) is 5.22. The van der Waals surface area contributed by atoms with Crippen molar-refractivity contribution >= 4 is 22.4 Å². The third-order valence-electron chi connectivity index (χ3n) is 3.06. The van der Waals surface area contributed by atoms with Gasteiger partial charge in [-0.15, -0.1) is 0 Å². The normalized spacial score (nSPS) is 13.4. The van der Waals surface area contributed by atoms with Gasteiger partial charge in [0.15, 0.2) is 0 Å². The maximum atomic E-state index is 13.5. The zero-order valence-electron chi connectivity index (χ0n) is 11.6. The first kappa shape index (κ1) is 15.4. The van der Waals surface area contributed by atoms with Crippen LogP contribution < -0.4 is 5.32 Å². The first-order chi connectivity index (χ1) is 10.1. The lowest BCUT2D eigenvalue weighted by molar-refractivity contribution is -0.115. The average molecular weight is 305 g/mol. The van der Waals surface area contributed by atoms with Crippen LogP contribution in [0.3, 0.4) is 0 Å². The molecule has 2 unspecified atom stereocenters. The van der Waals surface area contributed by atoms with E-state index in [9.17, 15) is 13.4 Å². The molecule has 0 aliphatic rings. The van der Waals surface area contributed by atoms with Crippen LogP contribution in [-0.4, -0.2) is 15.4 Å². The molecule has 2 rings (SSSR count). The molecular weight excluding hydrogens is 289 g/mol. The molecule has 0 radical (unpaired) electrons. The first-order valence-corrected chi connectivity index (χ1v) is 7.92. The van der Waals surface area contributed by atoms with Gasteiger partial charge in [-0.3, -0.25) is 9.00 Å². The molecular formula is C16H16FNO2S. The Balaban J connectivity index is 1.99. The van der Waals surface area contributed by atoms with Gasteiger partial charge >= 0.3 is 0 Å². The lowest BCUT2D eigenvalue weighted by atomic mass is 10.2. The monoisotopic (exact) mass is 305 g/mol. The number of para-hydroxylation sites is 1. The summed E-state index contributed by atoms with van der Waals surface area (Å²) in [6.07, 6.45) is 0. The Labute approximate surface area is 125 Å². The second kappa shape index (κ2) is 7.13. The minimum atomic E-state index is -1.48.